The van der Waals surface area contributed by atoms with E-state index in [4.69, 9.17) is 4.74 Å². The van der Waals surface area contributed by atoms with Gasteiger partial charge in [-0.15, -0.1) is 0 Å². The number of hydrogen-bond donors (Lipinski definition) is 1. The van der Waals surface area contributed by atoms with Crippen molar-refractivity contribution in [3.05, 3.63) is 35.9 Å². The molecule has 21 heavy (non-hydrogen) atoms. The Morgan fingerprint density at radius 1 is 1.29 bits per heavy atom. The summed E-state index contributed by atoms with van der Waals surface area (Å²) in [6, 6.07) is 7.68. The maximum atomic E-state index is 12.3. The summed E-state index contributed by atoms with van der Waals surface area (Å²) >= 11 is 0. The normalized spacial score (nSPS) is 21.3. The molecule has 6 nitrogen and oxygen atoms in total. The van der Waals surface area contributed by atoms with Gasteiger partial charge in [0, 0.05) is 13.2 Å². The van der Waals surface area contributed by atoms with Gasteiger partial charge in [0.1, 0.15) is 5.41 Å². The van der Waals surface area contributed by atoms with E-state index in [0.29, 0.717) is 12.2 Å². The Balaban J connectivity index is 0.00000220. The molecule has 1 atom stereocenters. The van der Waals surface area contributed by atoms with Gasteiger partial charge in [-0.05, 0) is 24.8 Å². The molecule has 0 bridgehead atoms. The fourth-order valence-corrected chi connectivity index (χ4v) is 2.23. The summed E-state index contributed by atoms with van der Waals surface area (Å²) in [7, 11) is 0. The van der Waals surface area contributed by atoms with Gasteiger partial charge in [-0.1, -0.05) is 30.3 Å². The summed E-state index contributed by atoms with van der Waals surface area (Å²) in [5.74, 6) is -1.38. The van der Waals surface area contributed by atoms with E-state index in [1.807, 2.05) is 6.92 Å². The van der Waals surface area contributed by atoms with Crippen LogP contribution in [0.15, 0.2) is 35.3 Å². The molecule has 0 aliphatic carbocycles. The van der Waals surface area contributed by atoms with Gasteiger partial charge in [-0.2, -0.15) is 0 Å². The molecule has 0 saturated carbocycles. The minimum Gasteiger partial charge on any atom is -0.861 e. The third-order valence-corrected chi connectivity index (χ3v) is 3.27. The Morgan fingerprint density at radius 2 is 1.95 bits per heavy atom. The van der Waals surface area contributed by atoms with Crippen molar-refractivity contribution in [1.82, 2.24) is 5.32 Å². The predicted octanol–water partition coefficient (Wildman–Crippen LogP) is -2.64. The van der Waals surface area contributed by atoms with Crippen LogP contribution >= 0.6 is 0 Å². The second-order valence-corrected chi connectivity index (χ2v) is 4.39. The number of urea groups is 1. The van der Waals surface area contributed by atoms with Crippen LogP contribution < -0.4 is 40.0 Å². The second kappa shape index (κ2) is 7.70. The number of benzene rings is 1. The first-order chi connectivity index (χ1) is 9.61. The van der Waals surface area contributed by atoms with E-state index in [1.165, 1.54) is 0 Å². The number of aliphatic imine (C=N–C) groups is 1. The summed E-state index contributed by atoms with van der Waals surface area (Å²) in [6.45, 7) is 2.54. The van der Waals surface area contributed by atoms with Crippen LogP contribution in [0.4, 0.5) is 4.79 Å². The van der Waals surface area contributed by atoms with E-state index < -0.39 is 23.3 Å². The minimum atomic E-state index is -1.48. The number of nitrogens with zero attached hydrogens (tertiary/aromatic N) is 1. The molecule has 1 N–H and O–H groups in total. The zero-order chi connectivity index (χ0) is 14.6. The molecule has 0 aromatic heterocycles. The van der Waals surface area contributed by atoms with Gasteiger partial charge < -0.3 is 9.84 Å². The van der Waals surface area contributed by atoms with Gasteiger partial charge in [0.05, 0.1) is 0 Å². The zero-order valence-corrected chi connectivity index (χ0v) is 14.1. The molecule has 1 aliphatic heterocycles. The largest absolute Gasteiger partial charge is 1.00 e. The van der Waals surface area contributed by atoms with Crippen LogP contribution in [0.2, 0.25) is 0 Å². The van der Waals surface area contributed by atoms with Gasteiger partial charge in [0.2, 0.25) is 5.91 Å². The van der Waals surface area contributed by atoms with Crippen LogP contribution in [-0.4, -0.2) is 31.0 Å². The smallest absolute Gasteiger partial charge is 0.861 e. The fraction of sp³-hybridized carbons (Fsp3) is 0.357. The van der Waals surface area contributed by atoms with Crippen molar-refractivity contribution in [1.29, 1.82) is 0 Å². The van der Waals surface area contributed by atoms with Crippen LogP contribution in [0.3, 0.4) is 0 Å². The molecule has 1 aromatic carbocycles. The Morgan fingerprint density at radius 3 is 2.52 bits per heavy atom. The van der Waals surface area contributed by atoms with Gasteiger partial charge in [-0.25, -0.2) is 9.79 Å². The van der Waals surface area contributed by atoms with E-state index in [1.54, 1.807) is 30.3 Å². The third-order valence-electron chi connectivity index (χ3n) is 3.27. The number of carbonyl (C=O) groups excluding carboxylic acids is 2. The number of hydrogen-bond acceptors (Lipinski definition) is 4. The second-order valence-electron chi connectivity index (χ2n) is 4.39. The Bertz CT molecular complexity index is 547. The fourth-order valence-electron chi connectivity index (χ4n) is 2.23. The molecule has 1 aromatic rings. The predicted molar refractivity (Wildman–Crippen MR) is 70.2 cm³/mol. The molecule has 3 amide bonds. The van der Waals surface area contributed by atoms with E-state index in [-0.39, 0.29) is 42.6 Å². The number of nitrogens with one attached hydrogen (secondary N) is 1. The van der Waals surface area contributed by atoms with Crippen LogP contribution in [0.5, 0.6) is 0 Å². The van der Waals surface area contributed by atoms with Crippen LogP contribution in [-0.2, 0) is 14.9 Å². The Hall–Kier alpha value is -1.21. The summed E-state index contributed by atoms with van der Waals surface area (Å²) in [5.41, 5.74) is -0.969. The van der Waals surface area contributed by atoms with Crippen molar-refractivity contribution in [3.63, 3.8) is 0 Å². The zero-order valence-electron chi connectivity index (χ0n) is 12.1. The van der Waals surface area contributed by atoms with Gasteiger partial charge in [0.15, 0.2) is 0 Å². The Kier molecular flexibility index (Phi) is 6.54. The van der Waals surface area contributed by atoms with Gasteiger partial charge >= 0.3 is 35.6 Å². The number of carbonyl (C=O) groups is 2. The van der Waals surface area contributed by atoms with Crippen LogP contribution in [0.25, 0.3) is 0 Å². The number of amides is 3. The first-order valence-corrected chi connectivity index (χ1v) is 6.36. The van der Waals surface area contributed by atoms with Crippen molar-refractivity contribution in [3.8, 4) is 0 Å². The molecule has 0 saturated heterocycles. The molecule has 1 aliphatic rings. The molecular formula is C14H15N2NaO4. The quantitative estimate of drug-likeness (QED) is 0.475. The third kappa shape index (κ3) is 3.52. The van der Waals surface area contributed by atoms with Crippen molar-refractivity contribution in [2.24, 2.45) is 4.99 Å². The SMILES string of the molecule is CCOCCC1(c2ccccc2)C(=O)NC(=O)N=C1[O-].[Na+]. The van der Waals surface area contributed by atoms with Crippen molar-refractivity contribution in [2.45, 2.75) is 18.8 Å². The standard InChI is InChI=1S/C14H16N2O4.Na/c1-2-20-9-8-14(10-6-4-3-5-7-10)11(17)15-13(19)16-12(14)18;/h3-7H,2,8-9H2,1H3,(H2,15,16,17,18,19);/q;+1/p-1. The van der Waals surface area contributed by atoms with Gasteiger partial charge in [-0.3, -0.25) is 10.1 Å². The van der Waals surface area contributed by atoms with Crippen molar-refractivity contribution in [2.75, 3.05) is 13.2 Å². The molecule has 106 valence electrons. The number of imide groups is 1. The molecule has 7 heteroatoms. The van der Waals surface area contributed by atoms with Crippen LogP contribution in [0.1, 0.15) is 18.9 Å². The molecule has 0 radical (unpaired) electrons. The Labute approximate surface area is 144 Å². The maximum absolute atomic E-state index is 12.3. The van der Waals surface area contributed by atoms with E-state index in [9.17, 15) is 14.7 Å². The topological polar surface area (TPSA) is 90.8 Å². The summed E-state index contributed by atoms with van der Waals surface area (Å²) in [6.07, 6.45) is 0.145. The van der Waals surface area contributed by atoms with Crippen molar-refractivity contribution < 1.29 is 49.0 Å². The summed E-state index contributed by atoms with van der Waals surface area (Å²) in [5, 5.41) is 14.3. The number of ether oxygens (including phenoxy) is 1. The summed E-state index contributed by atoms with van der Waals surface area (Å²) < 4.78 is 5.25. The first-order valence-electron chi connectivity index (χ1n) is 6.36. The first kappa shape index (κ1) is 17.8. The molecule has 1 heterocycles. The monoisotopic (exact) mass is 298 g/mol. The number of rotatable bonds is 5. The maximum Gasteiger partial charge on any atom is 1.00 e. The van der Waals surface area contributed by atoms with E-state index >= 15 is 0 Å². The average molecular weight is 298 g/mol. The minimum absolute atomic E-state index is 0. The average Bonchev–Trinajstić information content (AvgIpc) is 2.43. The molecule has 0 spiro atoms. The van der Waals surface area contributed by atoms with E-state index in [2.05, 4.69) is 10.3 Å². The van der Waals surface area contributed by atoms with Crippen LogP contribution in [0, 0.1) is 0 Å². The van der Waals surface area contributed by atoms with E-state index in [0.717, 1.165) is 0 Å². The van der Waals surface area contributed by atoms with Gasteiger partial charge in [0.25, 0.3) is 0 Å². The molecular weight excluding hydrogens is 283 g/mol. The summed E-state index contributed by atoms with van der Waals surface area (Å²) in [4.78, 5) is 26.8. The molecule has 0 fully saturated rings. The molecule has 2 rings (SSSR count). The van der Waals surface area contributed by atoms with Crippen molar-refractivity contribution >= 4 is 17.8 Å². The molecule has 1 unspecified atom stereocenters.